The lowest BCUT2D eigenvalue weighted by Crippen LogP contribution is -2.41. The van der Waals surface area contributed by atoms with Crippen LogP contribution >= 0.6 is 0 Å². The van der Waals surface area contributed by atoms with E-state index in [1.54, 1.807) is 0 Å². The number of hydrogen-bond acceptors (Lipinski definition) is 14. The third kappa shape index (κ3) is 14.3. The predicted molar refractivity (Wildman–Crippen MR) is 170 cm³/mol. The van der Waals surface area contributed by atoms with Gasteiger partial charge < -0.3 is 38.6 Å². The Bertz CT molecular complexity index is 1380. The van der Waals surface area contributed by atoms with E-state index in [9.17, 15) is 48.6 Å². The van der Waals surface area contributed by atoms with Crippen molar-refractivity contribution in [3.8, 4) is 0 Å². The molecule has 0 aromatic rings. The van der Waals surface area contributed by atoms with Gasteiger partial charge in [0.05, 0.1) is 24.2 Å². The van der Waals surface area contributed by atoms with Gasteiger partial charge in [-0.1, -0.05) is 38.5 Å². The Labute approximate surface area is 288 Å². The molecule has 16 heteroatoms. The van der Waals surface area contributed by atoms with Gasteiger partial charge in [-0.05, 0) is 40.0 Å². The summed E-state index contributed by atoms with van der Waals surface area (Å²) in [7, 11) is 0. The van der Waals surface area contributed by atoms with E-state index < -0.39 is 123 Å². The van der Waals surface area contributed by atoms with Crippen LogP contribution in [0.2, 0.25) is 0 Å². The Hall–Kier alpha value is -5.54. The van der Waals surface area contributed by atoms with Crippen LogP contribution in [0.3, 0.4) is 0 Å². The fourth-order valence-electron chi connectivity index (χ4n) is 4.20. The van der Waals surface area contributed by atoms with Crippen molar-refractivity contribution in [2.24, 2.45) is 23.7 Å². The van der Waals surface area contributed by atoms with Crippen molar-refractivity contribution in [1.29, 1.82) is 0 Å². The van der Waals surface area contributed by atoms with Crippen molar-refractivity contribution in [2.45, 2.75) is 52.7 Å². The molecule has 1 aliphatic rings. The minimum Gasteiger partial charge on any atom is -0.481 e. The number of rotatable bonds is 20. The van der Waals surface area contributed by atoms with Gasteiger partial charge in [0.25, 0.3) is 0 Å². The molecular weight excluding hydrogens is 664 g/mol. The summed E-state index contributed by atoms with van der Waals surface area (Å²) in [5, 5.41) is 19.6. The van der Waals surface area contributed by atoms with Gasteiger partial charge in [-0.15, -0.1) is 0 Å². The summed E-state index contributed by atoms with van der Waals surface area (Å²) in [6.45, 7) is 16.9. The molecule has 0 saturated heterocycles. The van der Waals surface area contributed by atoms with Crippen LogP contribution in [0.25, 0.3) is 0 Å². The van der Waals surface area contributed by atoms with E-state index in [0.29, 0.717) is 0 Å². The average Bonchev–Trinajstić information content (AvgIpc) is 3.04. The van der Waals surface area contributed by atoms with Gasteiger partial charge in [0.2, 0.25) is 0 Å². The Morgan fingerprint density at radius 2 is 1.02 bits per heavy atom. The summed E-state index contributed by atoms with van der Waals surface area (Å²) in [5.41, 5.74) is 0.0976. The molecule has 0 spiro atoms. The lowest BCUT2D eigenvalue weighted by Gasteiger charge is -2.32. The highest BCUT2D eigenvalue weighted by atomic mass is 16.6. The highest BCUT2D eigenvalue weighted by Gasteiger charge is 2.43. The van der Waals surface area contributed by atoms with Crippen molar-refractivity contribution in [3.05, 3.63) is 60.8 Å². The first-order chi connectivity index (χ1) is 23.2. The quantitative estimate of drug-likeness (QED) is 0.0800. The van der Waals surface area contributed by atoms with Crippen molar-refractivity contribution in [3.63, 3.8) is 0 Å². The zero-order chi connectivity index (χ0) is 38.3. The van der Waals surface area contributed by atoms with Gasteiger partial charge in [-0.25, -0.2) is 19.2 Å². The topological polar surface area (TPSA) is 232 Å². The van der Waals surface area contributed by atoms with E-state index in [0.717, 1.165) is 6.08 Å². The molecular formula is C34H42O16. The third-order valence-electron chi connectivity index (χ3n) is 6.89. The van der Waals surface area contributed by atoms with Gasteiger partial charge in [0.15, 0.2) is 12.2 Å². The van der Waals surface area contributed by atoms with Crippen molar-refractivity contribution in [2.75, 3.05) is 26.4 Å². The maximum atomic E-state index is 13.4. The van der Waals surface area contributed by atoms with Crippen LogP contribution in [0.5, 0.6) is 0 Å². The van der Waals surface area contributed by atoms with Gasteiger partial charge in [-0.2, -0.15) is 0 Å². The number of ether oxygens (including phenoxy) is 6. The van der Waals surface area contributed by atoms with Gasteiger partial charge in [-0.3, -0.25) is 19.2 Å². The van der Waals surface area contributed by atoms with Crippen LogP contribution in [-0.4, -0.2) is 96.6 Å². The standard InChI is InChI=1S/C34H42O16/c1-17(2)29(39)45-13-22(14-46-30(40)18(3)4)49-33(43)24-10-9-21(11-26(24)28(37)38)25(12-27(35)36)34(44)50-23(15-47-31(41)19(5)6)16-48-32(42)20(7)8/h9-10,21-26H,1,3,5,7,11-16H2,2,4,6,8H3,(H,35,36)(H,37,38). The summed E-state index contributed by atoms with van der Waals surface area (Å²) in [6, 6.07) is 0. The van der Waals surface area contributed by atoms with E-state index in [4.69, 9.17) is 28.4 Å². The number of carboxylic acids is 2. The summed E-state index contributed by atoms with van der Waals surface area (Å²) in [5.74, 6) is -14.1. The smallest absolute Gasteiger partial charge is 0.333 e. The number of aliphatic carboxylic acids is 2. The fraction of sp³-hybridized carbons (Fsp3) is 0.471. The molecule has 2 N–H and O–H groups in total. The lowest BCUT2D eigenvalue weighted by molar-refractivity contribution is -0.172. The predicted octanol–water partition coefficient (Wildman–Crippen LogP) is 2.27. The van der Waals surface area contributed by atoms with E-state index in [1.165, 1.54) is 33.8 Å². The van der Waals surface area contributed by atoms with Crippen molar-refractivity contribution < 1.29 is 77.0 Å². The summed E-state index contributed by atoms with van der Waals surface area (Å²) in [4.78, 5) is 98.4. The normalized spacial score (nSPS) is 17.0. The highest BCUT2D eigenvalue weighted by Crippen LogP contribution is 2.36. The maximum Gasteiger partial charge on any atom is 0.333 e. The van der Waals surface area contributed by atoms with E-state index >= 15 is 0 Å². The molecule has 0 heterocycles. The molecule has 0 bridgehead atoms. The monoisotopic (exact) mass is 706 g/mol. The molecule has 274 valence electrons. The summed E-state index contributed by atoms with van der Waals surface area (Å²) >= 11 is 0. The molecule has 1 aliphatic carbocycles. The first kappa shape index (κ1) is 42.5. The van der Waals surface area contributed by atoms with Crippen molar-refractivity contribution in [1.82, 2.24) is 0 Å². The number of carboxylic acid groups (broad SMARTS) is 2. The number of carbonyl (C=O) groups is 8. The molecule has 4 atom stereocenters. The second-order valence-corrected chi connectivity index (χ2v) is 11.6. The maximum absolute atomic E-state index is 13.4. The number of carbonyl (C=O) groups excluding carboxylic acids is 6. The molecule has 0 aromatic carbocycles. The van der Waals surface area contributed by atoms with Crippen LogP contribution in [0.4, 0.5) is 0 Å². The molecule has 0 aromatic heterocycles. The van der Waals surface area contributed by atoms with Gasteiger partial charge >= 0.3 is 47.8 Å². The average molecular weight is 707 g/mol. The first-order valence-corrected chi connectivity index (χ1v) is 15.1. The van der Waals surface area contributed by atoms with Crippen LogP contribution in [0.15, 0.2) is 60.8 Å². The molecule has 0 radical (unpaired) electrons. The van der Waals surface area contributed by atoms with Crippen LogP contribution in [-0.2, 0) is 66.8 Å². The molecule has 50 heavy (non-hydrogen) atoms. The van der Waals surface area contributed by atoms with Crippen molar-refractivity contribution >= 4 is 47.8 Å². The van der Waals surface area contributed by atoms with Crippen LogP contribution < -0.4 is 0 Å². The molecule has 0 fully saturated rings. The third-order valence-corrected chi connectivity index (χ3v) is 6.89. The van der Waals surface area contributed by atoms with E-state index in [1.807, 2.05) is 0 Å². The number of esters is 6. The first-order valence-electron chi connectivity index (χ1n) is 15.1. The Balaban J connectivity index is 3.28. The number of allylic oxidation sites excluding steroid dienone is 1. The second kappa shape index (κ2) is 20.1. The Morgan fingerprint density at radius 1 is 0.640 bits per heavy atom. The molecule has 16 nitrogen and oxygen atoms in total. The molecule has 0 saturated carbocycles. The molecule has 0 aliphatic heterocycles. The summed E-state index contributed by atoms with van der Waals surface area (Å²) < 4.78 is 30.8. The minimum absolute atomic E-state index is 0.0185. The van der Waals surface area contributed by atoms with Crippen LogP contribution in [0.1, 0.15) is 40.5 Å². The minimum atomic E-state index is -1.54. The van der Waals surface area contributed by atoms with Crippen LogP contribution in [0, 0.1) is 23.7 Å². The Morgan fingerprint density at radius 3 is 1.36 bits per heavy atom. The molecule has 4 unspecified atom stereocenters. The lowest BCUT2D eigenvalue weighted by atomic mass is 9.73. The zero-order valence-corrected chi connectivity index (χ0v) is 28.3. The largest absolute Gasteiger partial charge is 0.481 e. The highest BCUT2D eigenvalue weighted by molar-refractivity contribution is 5.89. The number of hydrogen-bond donors (Lipinski definition) is 2. The van der Waals surface area contributed by atoms with E-state index in [-0.39, 0.29) is 22.3 Å². The van der Waals surface area contributed by atoms with E-state index in [2.05, 4.69) is 26.3 Å². The zero-order valence-electron chi connectivity index (χ0n) is 28.3. The molecule has 0 amide bonds. The SMILES string of the molecule is C=C(C)C(=O)OCC(COC(=O)C(=C)C)OC(=O)C1C=CC(C(CC(=O)O)C(=O)OC(COC(=O)C(=C)C)COC(=O)C(=C)C)CC1C(=O)O. The fourth-order valence-corrected chi connectivity index (χ4v) is 4.20. The van der Waals surface area contributed by atoms with Gasteiger partial charge in [0.1, 0.15) is 26.4 Å². The summed E-state index contributed by atoms with van der Waals surface area (Å²) in [6.07, 6.45) is -1.61. The molecule has 1 rings (SSSR count). The Kier molecular flexibility index (Phi) is 17.1. The second-order valence-electron chi connectivity index (χ2n) is 11.6. The van der Waals surface area contributed by atoms with Gasteiger partial charge in [0, 0.05) is 22.3 Å².